The first-order valence-electron chi connectivity index (χ1n) is 10.1. The van der Waals surface area contributed by atoms with Gasteiger partial charge in [-0.15, -0.1) is 0 Å². The van der Waals surface area contributed by atoms with E-state index in [0.29, 0.717) is 15.6 Å². The Bertz CT molecular complexity index is 1070. The minimum absolute atomic E-state index is 0.0106. The van der Waals surface area contributed by atoms with Gasteiger partial charge in [0.15, 0.2) is 0 Å². The predicted octanol–water partition coefficient (Wildman–Crippen LogP) is 5.06. The summed E-state index contributed by atoms with van der Waals surface area (Å²) in [4.78, 5) is 27.8. The van der Waals surface area contributed by atoms with Gasteiger partial charge in [0.25, 0.3) is 0 Å². The molecular formula is C25H23Cl2FN2O2. The zero-order valence-electron chi connectivity index (χ0n) is 17.5. The minimum atomic E-state index is -0.839. The zero-order chi connectivity index (χ0) is 23.1. The molecule has 0 unspecified atom stereocenters. The number of hydrogen-bond donors (Lipinski definition) is 1. The maximum Gasteiger partial charge on any atom is 0.242 e. The molecule has 0 aliphatic heterocycles. The molecule has 0 bridgehead atoms. The largest absolute Gasteiger partial charge is 0.357 e. The van der Waals surface area contributed by atoms with Crippen molar-refractivity contribution in [1.82, 2.24) is 10.2 Å². The average molecular weight is 473 g/mol. The Morgan fingerprint density at radius 3 is 2.19 bits per heavy atom. The summed E-state index contributed by atoms with van der Waals surface area (Å²) >= 11 is 12.7. The predicted molar refractivity (Wildman–Crippen MR) is 125 cm³/mol. The summed E-state index contributed by atoms with van der Waals surface area (Å²) in [6.45, 7) is 0.0106. The summed E-state index contributed by atoms with van der Waals surface area (Å²) in [6.07, 6.45) is 0.0859. The SMILES string of the molecule is CNC(=O)[C@H](Cc1ccccc1)N(Cc1c(Cl)cccc1Cl)C(=O)Cc1ccccc1F. The molecule has 166 valence electrons. The van der Waals surface area contributed by atoms with Crippen LogP contribution in [-0.2, 0) is 29.0 Å². The van der Waals surface area contributed by atoms with Gasteiger partial charge in [0.1, 0.15) is 11.9 Å². The topological polar surface area (TPSA) is 49.4 Å². The molecule has 32 heavy (non-hydrogen) atoms. The molecular weight excluding hydrogens is 450 g/mol. The summed E-state index contributed by atoms with van der Waals surface area (Å²) < 4.78 is 14.2. The van der Waals surface area contributed by atoms with E-state index in [-0.39, 0.29) is 30.9 Å². The first-order chi connectivity index (χ1) is 15.4. The third-order valence-corrected chi connectivity index (χ3v) is 5.92. The fraction of sp³-hybridized carbons (Fsp3) is 0.200. The maximum absolute atomic E-state index is 14.2. The molecule has 0 spiro atoms. The molecule has 0 aliphatic rings. The highest BCUT2D eigenvalue weighted by Gasteiger charge is 2.31. The van der Waals surface area contributed by atoms with Gasteiger partial charge in [-0.1, -0.05) is 77.8 Å². The van der Waals surface area contributed by atoms with Crippen molar-refractivity contribution >= 4 is 35.0 Å². The lowest BCUT2D eigenvalue weighted by atomic mass is 10.0. The number of carbonyl (C=O) groups is 2. The fourth-order valence-electron chi connectivity index (χ4n) is 3.48. The van der Waals surface area contributed by atoms with E-state index in [4.69, 9.17) is 23.2 Å². The van der Waals surface area contributed by atoms with E-state index >= 15 is 0 Å². The van der Waals surface area contributed by atoms with Crippen LogP contribution in [0, 0.1) is 5.82 Å². The molecule has 7 heteroatoms. The lowest BCUT2D eigenvalue weighted by molar-refractivity contribution is -0.140. The van der Waals surface area contributed by atoms with Crippen molar-refractivity contribution in [1.29, 1.82) is 0 Å². The van der Waals surface area contributed by atoms with Crippen molar-refractivity contribution in [3.8, 4) is 0 Å². The van der Waals surface area contributed by atoms with Crippen LogP contribution in [0.5, 0.6) is 0 Å². The molecule has 0 fully saturated rings. The number of amides is 2. The van der Waals surface area contributed by atoms with Crippen LogP contribution in [0.3, 0.4) is 0 Å². The molecule has 1 atom stereocenters. The maximum atomic E-state index is 14.2. The summed E-state index contributed by atoms with van der Waals surface area (Å²) in [5.41, 5.74) is 1.66. The number of halogens is 3. The molecule has 4 nitrogen and oxygen atoms in total. The minimum Gasteiger partial charge on any atom is -0.357 e. The standard InChI is InChI=1S/C25H23Cl2FN2O2/c1-29-25(32)23(14-17-8-3-2-4-9-17)30(16-19-20(26)11-7-12-21(19)27)24(31)15-18-10-5-6-13-22(18)28/h2-13,23H,14-16H2,1H3,(H,29,32)/t23-/m0/s1. The Kier molecular flexibility index (Phi) is 8.26. The van der Waals surface area contributed by atoms with E-state index in [9.17, 15) is 14.0 Å². The van der Waals surface area contributed by atoms with Gasteiger partial charge in [0, 0.05) is 35.6 Å². The number of benzene rings is 3. The number of nitrogens with zero attached hydrogens (tertiary/aromatic N) is 1. The Balaban J connectivity index is 2.01. The molecule has 3 aromatic rings. The number of hydrogen-bond acceptors (Lipinski definition) is 2. The molecule has 0 saturated heterocycles. The second-order valence-corrected chi connectivity index (χ2v) is 8.12. The van der Waals surface area contributed by atoms with Crippen molar-refractivity contribution in [2.45, 2.75) is 25.4 Å². The number of carbonyl (C=O) groups excluding carboxylic acids is 2. The second kappa shape index (κ2) is 11.1. The number of likely N-dealkylation sites (N-methyl/N-ethyl adjacent to an activating group) is 1. The molecule has 0 aromatic heterocycles. The lowest BCUT2D eigenvalue weighted by Crippen LogP contribution is -2.50. The Morgan fingerprint density at radius 2 is 1.56 bits per heavy atom. The molecule has 2 amide bonds. The van der Waals surface area contributed by atoms with E-state index < -0.39 is 17.8 Å². The van der Waals surface area contributed by atoms with Gasteiger partial charge < -0.3 is 10.2 Å². The van der Waals surface area contributed by atoms with Gasteiger partial charge in [-0.2, -0.15) is 0 Å². The summed E-state index contributed by atoms with van der Waals surface area (Å²) in [5, 5.41) is 3.41. The third-order valence-electron chi connectivity index (χ3n) is 5.21. The Labute approximate surface area is 197 Å². The van der Waals surface area contributed by atoms with Crippen LogP contribution < -0.4 is 5.32 Å². The van der Waals surface area contributed by atoms with E-state index in [0.717, 1.165) is 5.56 Å². The van der Waals surface area contributed by atoms with Crippen LogP contribution in [0.25, 0.3) is 0 Å². The average Bonchev–Trinajstić information content (AvgIpc) is 2.79. The van der Waals surface area contributed by atoms with Gasteiger partial charge in [-0.25, -0.2) is 4.39 Å². The summed E-state index contributed by atoms with van der Waals surface area (Å²) in [7, 11) is 1.52. The van der Waals surface area contributed by atoms with Gasteiger partial charge in [0.2, 0.25) is 11.8 Å². The second-order valence-electron chi connectivity index (χ2n) is 7.31. The monoisotopic (exact) mass is 472 g/mol. The molecule has 3 aromatic carbocycles. The van der Waals surface area contributed by atoms with Gasteiger partial charge in [-0.3, -0.25) is 9.59 Å². The normalized spacial score (nSPS) is 11.6. The summed E-state index contributed by atoms with van der Waals surface area (Å²) in [6, 6.07) is 19.7. The van der Waals surface area contributed by atoms with Crippen molar-refractivity contribution in [2.24, 2.45) is 0 Å². The molecule has 0 radical (unpaired) electrons. The van der Waals surface area contributed by atoms with Crippen molar-refractivity contribution in [3.63, 3.8) is 0 Å². The molecule has 3 rings (SSSR count). The van der Waals surface area contributed by atoms with E-state index in [1.807, 2.05) is 30.3 Å². The number of nitrogens with one attached hydrogen (secondary N) is 1. The molecule has 1 N–H and O–H groups in total. The smallest absolute Gasteiger partial charge is 0.242 e. The number of rotatable bonds is 8. The first kappa shape index (κ1) is 23.8. The molecule has 0 saturated carbocycles. The van der Waals surface area contributed by atoms with E-state index in [2.05, 4.69) is 5.32 Å². The quantitative estimate of drug-likeness (QED) is 0.497. The van der Waals surface area contributed by atoms with Crippen molar-refractivity contribution in [3.05, 3.63) is 105 Å². The molecule has 0 heterocycles. The van der Waals surface area contributed by atoms with Crippen LogP contribution in [0.2, 0.25) is 10.0 Å². The Hall–Kier alpha value is -2.89. The van der Waals surface area contributed by atoms with Crippen LogP contribution in [-0.4, -0.2) is 29.8 Å². The zero-order valence-corrected chi connectivity index (χ0v) is 19.0. The fourth-order valence-corrected chi connectivity index (χ4v) is 4.00. The Morgan fingerprint density at radius 1 is 0.938 bits per heavy atom. The van der Waals surface area contributed by atoms with Crippen LogP contribution in [0.15, 0.2) is 72.8 Å². The van der Waals surface area contributed by atoms with Crippen molar-refractivity contribution < 1.29 is 14.0 Å². The van der Waals surface area contributed by atoms with E-state index in [1.165, 1.54) is 18.0 Å². The first-order valence-corrected chi connectivity index (χ1v) is 10.9. The van der Waals surface area contributed by atoms with Crippen LogP contribution in [0.1, 0.15) is 16.7 Å². The van der Waals surface area contributed by atoms with Gasteiger partial charge in [0.05, 0.1) is 6.42 Å². The van der Waals surface area contributed by atoms with Gasteiger partial charge in [-0.05, 0) is 29.3 Å². The van der Waals surface area contributed by atoms with Crippen LogP contribution in [0.4, 0.5) is 4.39 Å². The van der Waals surface area contributed by atoms with Crippen LogP contribution >= 0.6 is 23.2 Å². The highest BCUT2D eigenvalue weighted by molar-refractivity contribution is 6.36. The van der Waals surface area contributed by atoms with E-state index in [1.54, 1.807) is 36.4 Å². The van der Waals surface area contributed by atoms with Gasteiger partial charge >= 0.3 is 0 Å². The van der Waals surface area contributed by atoms with Crippen molar-refractivity contribution in [2.75, 3.05) is 7.05 Å². The highest BCUT2D eigenvalue weighted by atomic mass is 35.5. The highest BCUT2D eigenvalue weighted by Crippen LogP contribution is 2.27. The lowest BCUT2D eigenvalue weighted by Gasteiger charge is -2.32. The summed E-state index contributed by atoms with van der Waals surface area (Å²) in [5.74, 6) is -1.22. The third kappa shape index (κ3) is 5.87. The molecule has 0 aliphatic carbocycles.